The Morgan fingerprint density at radius 3 is 2.29 bits per heavy atom. The third-order valence-corrected chi connectivity index (χ3v) is 7.50. The molecule has 1 saturated carbocycles. The van der Waals surface area contributed by atoms with Gasteiger partial charge in [-0.25, -0.2) is 9.78 Å². The van der Waals surface area contributed by atoms with Crippen molar-refractivity contribution in [1.82, 2.24) is 9.88 Å². The molecule has 0 saturated heterocycles. The summed E-state index contributed by atoms with van der Waals surface area (Å²) in [5, 5.41) is 12.1. The minimum absolute atomic E-state index is 0.0578. The van der Waals surface area contributed by atoms with E-state index in [0.717, 1.165) is 59.3 Å². The molecule has 9 heteroatoms. The fourth-order valence-corrected chi connectivity index (χ4v) is 5.78. The van der Waals surface area contributed by atoms with E-state index in [4.69, 9.17) is 4.74 Å². The Hall–Kier alpha value is -3.72. The normalized spacial score (nSPS) is 14.9. The summed E-state index contributed by atoms with van der Waals surface area (Å²) in [7, 11) is 0. The zero-order valence-corrected chi connectivity index (χ0v) is 19.8. The fourth-order valence-electron chi connectivity index (χ4n) is 5.02. The van der Waals surface area contributed by atoms with Crippen LogP contribution in [0, 0.1) is 0 Å². The summed E-state index contributed by atoms with van der Waals surface area (Å²) in [5.74, 6) is -1.48. The van der Waals surface area contributed by atoms with E-state index in [1.165, 1.54) is 11.1 Å². The molecule has 2 N–H and O–H groups in total. The molecule has 2 aliphatic carbocycles. The Morgan fingerprint density at radius 1 is 1.03 bits per heavy atom. The van der Waals surface area contributed by atoms with Crippen LogP contribution in [0.1, 0.15) is 52.4 Å². The second-order valence-electron chi connectivity index (χ2n) is 8.75. The molecule has 3 aromatic rings. The first-order valence-electron chi connectivity index (χ1n) is 11.6. The molecule has 0 atom stereocenters. The summed E-state index contributed by atoms with van der Waals surface area (Å²) in [6, 6.07) is 16.1. The SMILES string of the molecule is O=C(O)CN(C(=O)c1cnc(NC(=O)OCC2c3ccccc3-c3ccccc32)s1)C1CCCC1. The number of rotatable bonds is 7. The van der Waals surface area contributed by atoms with Crippen LogP contribution in [0.4, 0.5) is 9.93 Å². The Morgan fingerprint density at radius 2 is 1.66 bits per heavy atom. The molecule has 0 radical (unpaired) electrons. The van der Waals surface area contributed by atoms with E-state index in [9.17, 15) is 19.5 Å². The van der Waals surface area contributed by atoms with Gasteiger partial charge in [-0.15, -0.1) is 0 Å². The molecule has 0 bridgehead atoms. The number of aliphatic carboxylic acids is 1. The molecule has 2 aromatic carbocycles. The number of hydrogen-bond donors (Lipinski definition) is 2. The first-order chi connectivity index (χ1) is 17.0. The molecule has 0 aliphatic heterocycles. The lowest BCUT2D eigenvalue weighted by Crippen LogP contribution is -2.42. The lowest BCUT2D eigenvalue weighted by molar-refractivity contribution is -0.138. The third-order valence-electron chi connectivity index (χ3n) is 6.60. The molecule has 8 nitrogen and oxygen atoms in total. The predicted octanol–water partition coefficient (Wildman–Crippen LogP) is 4.97. The van der Waals surface area contributed by atoms with Crippen molar-refractivity contribution in [2.24, 2.45) is 0 Å². The number of carbonyl (C=O) groups excluding carboxylic acids is 2. The summed E-state index contributed by atoms with van der Waals surface area (Å²) in [4.78, 5) is 42.6. The highest BCUT2D eigenvalue weighted by atomic mass is 32.1. The number of aromatic nitrogens is 1. The van der Waals surface area contributed by atoms with Gasteiger partial charge in [-0.2, -0.15) is 0 Å². The van der Waals surface area contributed by atoms with Gasteiger partial charge in [0.1, 0.15) is 18.0 Å². The smallest absolute Gasteiger partial charge is 0.413 e. The van der Waals surface area contributed by atoms with Gasteiger partial charge in [0.25, 0.3) is 5.91 Å². The lowest BCUT2D eigenvalue weighted by atomic mass is 9.98. The van der Waals surface area contributed by atoms with Crippen molar-refractivity contribution in [3.63, 3.8) is 0 Å². The average molecular weight is 492 g/mol. The van der Waals surface area contributed by atoms with Crippen molar-refractivity contribution in [3.05, 3.63) is 70.7 Å². The second kappa shape index (κ2) is 9.87. The van der Waals surface area contributed by atoms with Gasteiger partial charge in [-0.05, 0) is 35.1 Å². The summed E-state index contributed by atoms with van der Waals surface area (Å²) >= 11 is 1.01. The van der Waals surface area contributed by atoms with Crippen molar-refractivity contribution in [2.45, 2.75) is 37.6 Å². The number of amides is 2. The maximum Gasteiger partial charge on any atom is 0.413 e. The van der Waals surface area contributed by atoms with Crippen molar-refractivity contribution in [1.29, 1.82) is 0 Å². The molecule has 35 heavy (non-hydrogen) atoms. The highest BCUT2D eigenvalue weighted by Crippen LogP contribution is 2.44. The number of nitrogens with zero attached hydrogens (tertiary/aromatic N) is 2. The van der Waals surface area contributed by atoms with Crippen LogP contribution in [0.3, 0.4) is 0 Å². The summed E-state index contributed by atoms with van der Waals surface area (Å²) in [6.07, 6.45) is 4.26. The van der Waals surface area contributed by atoms with Crippen LogP contribution in [0.15, 0.2) is 54.7 Å². The molecule has 2 aliphatic rings. The maximum atomic E-state index is 13.0. The fraction of sp³-hybridized carbons (Fsp3) is 0.308. The number of thiazole rings is 1. The molecule has 0 unspecified atom stereocenters. The van der Waals surface area contributed by atoms with E-state index >= 15 is 0 Å². The van der Waals surface area contributed by atoms with Crippen LogP contribution in [0.5, 0.6) is 0 Å². The van der Waals surface area contributed by atoms with E-state index in [0.29, 0.717) is 0 Å². The molecule has 1 aromatic heterocycles. The Kier molecular flexibility index (Phi) is 6.50. The first kappa shape index (κ1) is 23.0. The number of carboxylic acid groups (broad SMARTS) is 1. The van der Waals surface area contributed by atoms with E-state index in [2.05, 4.69) is 22.4 Å². The predicted molar refractivity (Wildman–Crippen MR) is 132 cm³/mol. The lowest BCUT2D eigenvalue weighted by Gasteiger charge is -2.26. The Bertz CT molecular complexity index is 1220. The number of nitrogens with one attached hydrogen (secondary N) is 1. The molecular weight excluding hydrogens is 466 g/mol. The second-order valence-corrected chi connectivity index (χ2v) is 9.78. The molecule has 1 fully saturated rings. The monoisotopic (exact) mass is 491 g/mol. The van der Waals surface area contributed by atoms with Gasteiger partial charge in [0, 0.05) is 12.0 Å². The van der Waals surface area contributed by atoms with E-state index < -0.39 is 12.1 Å². The molecular formula is C26H25N3O5S. The number of benzene rings is 2. The van der Waals surface area contributed by atoms with E-state index in [1.54, 1.807) is 0 Å². The van der Waals surface area contributed by atoms with Crippen molar-refractivity contribution >= 4 is 34.4 Å². The zero-order chi connectivity index (χ0) is 24.4. The number of hydrogen-bond acceptors (Lipinski definition) is 6. The molecule has 5 rings (SSSR count). The van der Waals surface area contributed by atoms with Crippen LogP contribution >= 0.6 is 11.3 Å². The standard InChI is InChI=1S/C26H25N3O5S/c30-23(31)14-29(16-7-1-2-8-16)24(32)22-13-27-25(35-22)28-26(33)34-15-21-19-11-5-3-9-17(19)18-10-4-6-12-20(18)21/h3-6,9-13,16,21H,1-2,7-8,14-15H2,(H,30,31)(H,27,28,33). The van der Waals surface area contributed by atoms with E-state index in [-0.39, 0.29) is 41.0 Å². The van der Waals surface area contributed by atoms with Gasteiger partial charge in [-0.1, -0.05) is 72.7 Å². The summed E-state index contributed by atoms with van der Waals surface area (Å²) in [6.45, 7) is -0.179. The van der Waals surface area contributed by atoms with Gasteiger partial charge in [0.2, 0.25) is 0 Å². The van der Waals surface area contributed by atoms with Crippen molar-refractivity contribution in [2.75, 3.05) is 18.5 Å². The minimum Gasteiger partial charge on any atom is -0.480 e. The summed E-state index contributed by atoms with van der Waals surface area (Å²) < 4.78 is 5.54. The number of carbonyl (C=O) groups is 3. The molecule has 2 amide bonds. The zero-order valence-electron chi connectivity index (χ0n) is 19.0. The number of carboxylic acids is 1. The number of fused-ring (bicyclic) bond motifs is 3. The van der Waals surface area contributed by atoms with Crippen LogP contribution in [0.2, 0.25) is 0 Å². The Balaban J connectivity index is 1.23. The molecule has 1 heterocycles. The quantitative estimate of drug-likeness (QED) is 0.483. The van der Waals surface area contributed by atoms with Gasteiger partial charge in [0.15, 0.2) is 5.13 Å². The highest BCUT2D eigenvalue weighted by Gasteiger charge is 2.31. The molecule has 180 valence electrons. The van der Waals surface area contributed by atoms with Crippen LogP contribution in [-0.4, -0.2) is 52.2 Å². The minimum atomic E-state index is -1.05. The first-order valence-corrected chi connectivity index (χ1v) is 12.4. The van der Waals surface area contributed by atoms with Crippen molar-refractivity contribution in [3.8, 4) is 11.1 Å². The Labute approximate surface area is 206 Å². The average Bonchev–Trinajstić information content (AvgIpc) is 3.60. The highest BCUT2D eigenvalue weighted by molar-refractivity contribution is 7.17. The third kappa shape index (κ3) is 4.77. The topological polar surface area (TPSA) is 109 Å². The van der Waals surface area contributed by atoms with Crippen LogP contribution in [-0.2, 0) is 9.53 Å². The van der Waals surface area contributed by atoms with Gasteiger partial charge in [-0.3, -0.25) is 14.9 Å². The number of ether oxygens (including phenoxy) is 1. The van der Waals surface area contributed by atoms with Gasteiger partial charge in [0.05, 0.1) is 6.20 Å². The summed E-state index contributed by atoms with van der Waals surface area (Å²) in [5.41, 5.74) is 4.53. The number of anilines is 1. The van der Waals surface area contributed by atoms with Gasteiger partial charge < -0.3 is 14.7 Å². The van der Waals surface area contributed by atoms with E-state index in [1.807, 2.05) is 36.4 Å². The maximum absolute atomic E-state index is 13.0. The van der Waals surface area contributed by atoms with Crippen molar-refractivity contribution < 1.29 is 24.2 Å². The molecule has 0 spiro atoms. The van der Waals surface area contributed by atoms with Crippen LogP contribution < -0.4 is 5.32 Å². The largest absolute Gasteiger partial charge is 0.480 e. The van der Waals surface area contributed by atoms with Gasteiger partial charge >= 0.3 is 12.1 Å². The van der Waals surface area contributed by atoms with Crippen LogP contribution in [0.25, 0.3) is 11.1 Å².